The fraction of sp³-hybridized carbons (Fsp3) is 0.400. The number of nitrogens with two attached hydrogens (primary N) is 1. The minimum Gasteiger partial charge on any atom is -0.508 e. The molecule has 0 fully saturated rings. The van der Waals surface area contributed by atoms with Gasteiger partial charge in [0.05, 0.1) is 6.10 Å². The van der Waals surface area contributed by atoms with Gasteiger partial charge in [0.1, 0.15) is 5.75 Å². The van der Waals surface area contributed by atoms with Gasteiger partial charge in [-0.05, 0) is 17.7 Å². The highest BCUT2D eigenvalue weighted by atomic mass is 16.3. The summed E-state index contributed by atoms with van der Waals surface area (Å²) in [7, 11) is 0. The molecule has 0 saturated carbocycles. The van der Waals surface area contributed by atoms with Crippen LogP contribution in [0.15, 0.2) is 24.3 Å². The van der Waals surface area contributed by atoms with Gasteiger partial charge in [-0.3, -0.25) is 0 Å². The lowest BCUT2D eigenvalue weighted by Crippen LogP contribution is -2.25. The lowest BCUT2D eigenvalue weighted by Gasteiger charge is -2.17. The zero-order valence-corrected chi connectivity index (χ0v) is 7.64. The topological polar surface area (TPSA) is 66.5 Å². The number of aliphatic hydroxyl groups is 1. The SMILES string of the molecule is CC(c1cccc(O)c1)C(O)CN. The van der Waals surface area contributed by atoms with E-state index in [1.165, 1.54) is 0 Å². The first-order chi connectivity index (χ1) is 6.15. The summed E-state index contributed by atoms with van der Waals surface area (Å²) in [5, 5.41) is 18.7. The summed E-state index contributed by atoms with van der Waals surface area (Å²) in [6, 6.07) is 6.86. The maximum absolute atomic E-state index is 9.46. The Labute approximate surface area is 77.8 Å². The van der Waals surface area contributed by atoms with Crippen molar-refractivity contribution in [3.05, 3.63) is 29.8 Å². The molecule has 1 aromatic rings. The van der Waals surface area contributed by atoms with Crippen LogP contribution in [-0.2, 0) is 0 Å². The van der Waals surface area contributed by atoms with E-state index in [0.717, 1.165) is 5.56 Å². The molecular formula is C10H15NO2. The molecule has 0 aliphatic heterocycles. The van der Waals surface area contributed by atoms with Crippen molar-refractivity contribution in [2.75, 3.05) is 6.54 Å². The van der Waals surface area contributed by atoms with Gasteiger partial charge in [-0.25, -0.2) is 0 Å². The first-order valence-electron chi connectivity index (χ1n) is 4.32. The Morgan fingerprint density at radius 2 is 2.15 bits per heavy atom. The molecule has 1 rings (SSSR count). The summed E-state index contributed by atoms with van der Waals surface area (Å²) in [5.41, 5.74) is 6.24. The van der Waals surface area contributed by atoms with E-state index in [4.69, 9.17) is 5.73 Å². The van der Waals surface area contributed by atoms with E-state index in [2.05, 4.69) is 0 Å². The minimum atomic E-state index is -0.554. The van der Waals surface area contributed by atoms with Crippen molar-refractivity contribution in [1.82, 2.24) is 0 Å². The molecule has 2 unspecified atom stereocenters. The van der Waals surface area contributed by atoms with Crippen molar-refractivity contribution in [2.24, 2.45) is 5.73 Å². The van der Waals surface area contributed by atoms with Gasteiger partial charge < -0.3 is 15.9 Å². The van der Waals surface area contributed by atoms with Gasteiger partial charge in [-0.1, -0.05) is 19.1 Å². The molecule has 3 nitrogen and oxygen atoms in total. The van der Waals surface area contributed by atoms with Crippen molar-refractivity contribution in [3.63, 3.8) is 0 Å². The second kappa shape index (κ2) is 4.25. The van der Waals surface area contributed by atoms with Crippen LogP contribution in [0.25, 0.3) is 0 Å². The van der Waals surface area contributed by atoms with Crippen LogP contribution < -0.4 is 5.73 Å². The van der Waals surface area contributed by atoms with Crippen LogP contribution in [0.2, 0.25) is 0 Å². The molecular weight excluding hydrogens is 166 g/mol. The third-order valence-electron chi connectivity index (χ3n) is 2.21. The van der Waals surface area contributed by atoms with Crippen molar-refractivity contribution in [1.29, 1.82) is 0 Å². The highest BCUT2D eigenvalue weighted by molar-refractivity contribution is 5.29. The third-order valence-corrected chi connectivity index (χ3v) is 2.21. The van der Waals surface area contributed by atoms with Crippen LogP contribution in [-0.4, -0.2) is 22.9 Å². The van der Waals surface area contributed by atoms with Crippen LogP contribution in [0, 0.1) is 0 Å². The summed E-state index contributed by atoms with van der Waals surface area (Å²) in [6.07, 6.45) is -0.554. The largest absolute Gasteiger partial charge is 0.508 e. The second-order valence-corrected chi connectivity index (χ2v) is 3.19. The Morgan fingerprint density at radius 3 is 2.69 bits per heavy atom. The normalized spacial score (nSPS) is 15.3. The third kappa shape index (κ3) is 2.44. The van der Waals surface area contributed by atoms with E-state index in [1.54, 1.807) is 18.2 Å². The van der Waals surface area contributed by atoms with Crippen LogP contribution >= 0.6 is 0 Å². The van der Waals surface area contributed by atoms with Crippen LogP contribution in [0.5, 0.6) is 5.75 Å². The molecule has 0 aliphatic rings. The number of hydrogen-bond acceptors (Lipinski definition) is 3. The number of phenols is 1. The Balaban J connectivity index is 2.82. The molecule has 0 heterocycles. The molecule has 0 aromatic heterocycles. The summed E-state index contributed by atoms with van der Waals surface area (Å²) in [5.74, 6) is 0.172. The molecule has 0 radical (unpaired) electrons. The fourth-order valence-corrected chi connectivity index (χ4v) is 1.23. The zero-order valence-electron chi connectivity index (χ0n) is 7.64. The van der Waals surface area contributed by atoms with Crippen LogP contribution in [0.3, 0.4) is 0 Å². The molecule has 0 bridgehead atoms. The maximum atomic E-state index is 9.46. The van der Waals surface area contributed by atoms with E-state index < -0.39 is 6.10 Å². The molecule has 0 aliphatic carbocycles. The summed E-state index contributed by atoms with van der Waals surface area (Å²) >= 11 is 0. The zero-order chi connectivity index (χ0) is 9.84. The molecule has 72 valence electrons. The quantitative estimate of drug-likeness (QED) is 0.646. The van der Waals surface area contributed by atoms with E-state index >= 15 is 0 Å². The molecule has 1 aromatic carbocycles. The molecule has 0 saturated heterocycles. The predicted molar refractivity (Wildman–Crippen MR) is 51.6 cm³/mol. The van der Waals surface area contributed by atoms with Gasteiger partial charge in [0.2, 0.25) is 0 Å². The number of phenolic OH excluding ortho intramolecular Hbond substituents is 1. The molecule has 0 spiro atoms. The molecule has 2 atom stereocenters. The van der Waals surface area contributed by atoms with Gasteiger partial charge in [-0.2, -0.15) is 0 Å². The second-order valence-electron chi connectivity index (χ2n) is 3.19. The predicted octanol–water partition coefficient (Wildman–Crippen LogP) is 0.815. The monoisotopic (exact) mass is 181 g/mol. The first-order valence-corrected chi connectivity index (χ1v) is 4.32. The molecule has 3 heteroatoms. The van der Waals surface area contributed by atoms with E-state index in [-0.39, 0.29) is 18.2 Å². The maximum Gasteiger partial charge on any atom is 0.115 e. The lowest BCUT2D eigenvalue weighted by molar-refractivity contribution is 0.157. The van der Waals surface area contributed by atoms with Crippen molar-refractivity contribution >= 4 is 0 Å². The Hall–Kier alpha value is -1.06. The summed E-state index contributed by atoms with van der Waals surface area (Å²) in [4.78, 5) is 0. The van der Waals surface area contributed by atoms with E-state index in [1.807, 2.05) is 13.0 Å². The Kier molecular flexibility index (Phi) is 3.28. The smallest absolute Gasteiger partial charge is 0.115 e. The van der Waals surface area contributed by atoms with Gasteiger partial charge >= 0.3 is 0 Å². The summed E-state index contributed by atoms with van der Waals surface area (Å²) in [6.45, 7) is 2.11. The number of rotatable bonds is 3. The van der Waals surface area contributed by atoms with Gasteiger partial charge in [0.15, 0.2) is 0 Å². The number of benzene rings is 1. The minimum absolute atomic E-state index is 0.0444. The van der Waals surface area contributed by atoms with E-state index in [9.17, 15) is 10.2 Å². The average molecular weight is 181 g/mol. The highest BCUT2D eigenvalue weighted by Crippen LogP contribution is 2.22. The lowest BCUT2D eigenvalue weighted by atomic mass is 9.95. The highest BCUT2D eigenvalue weighted by Gasteiger charge is 2.14. The standard InChI is InChI=1S/C10H15NO2/c1-7(10(13)6-11)8-3-2-4-9(12)5-8/h2-5,7,10,12-13H,6,11H2,1H3. The fourth-order valence-electron chi connectivity index (χ4n) is 1.23. The summed E-state index contributed by atoms with van der Waals surface area (Å²) < 4.78 is 0. The molecule has 0 amide bonds. The molecule has 13 heavy (non-hydrogen) atoms. The van der Waals surface area contributed by atoms with Crippen LogP contribution in [0.1, 0.15) is 18.4 Å². The van der Waals surface area contributed by atoms with Crippen molar-refractivity contribution in [2.45, 2.75) is 18.9 Å². The number of aromatic hydroxyl groups is 1. The average Bonchev–Trinajstić information content (AvgIpc) is 2.15. The number of hydrogen-bond donors (Lipinski definition) is 3. The first kappa shape index (κ1) is 10.0. The Morgan fingerprint density at radius 1 is 1.46 bits per heavy atom. The van der Waals surface area contributed by atoms with Gasteiger partial charge in [0.25, 0.3) is 0 Å². The number of aliphatic hydroxyl groups excluding tert-OH is 1. The van der Waals surface area contributed by atoms with Gasteiger partial charge in [0, 0.05) is 12.5 Å². The van der Waals surface area contributed by atoms with Crippen LogP contribution in [0.4, 0.5) is 0 Å². The Bertz CT molecular complexity index is 275. The van der Waals surface area contributed by atoms with E-state index in [0.29, 0.717) is 0 Å². The van der Waals surface area contributed by atoms with Crippen molar-refractivity contribution in [3.8, 4) is 5.75 Å². The van der Waals surface area contributed by atoms with Crippen molar-refractivity contribution < 1.29 is 10.2 Å². The molecule has 4 N–H and O–H groups in total. The van der Waals surface area contributed by atoms with Gasteiger partial charge in [-0.15, -0.1) is 0 Å².